The van der Waals surface area contributed by atoms with Crippen LogP contribution >= 0.6 is 11.6 Å². The van der Waals surface area contributed by atoms with Gasteiger partial charge < -0.3 is 30.2 Å². The molecule has 4 N–H and O–H groups in total. The summed E-state index contributed by atoms with van der Waals surface area (Å²) in [6.45, 7) is 0.128. The van der Waals surface area contributed by atoms with Gasteiger partial charge in [-0.15, -0.1) is 0 Å². The minimum atomic E-state index is -1.12. The first-order valence-electron chi connectivity index (χ1n) is 9.87. The largest absolute Gasteiger partial charge is 0.505 e. The number of aromatic nitrogens is 1. The summed E-state index contributed by atoms with van der Waals surface area (Å²) < 4.78 is 6.37. The molecule has 0 bridgehead atoms. The third-order valence-electron chi connectivity index (χ3n) is 4.88. The minimum absolute atomic E-state index is 0.128. The highest BCUT2D eigenvalue weighted by atomic mass is 35.5. The number of nitrogens with one attached hydrogen (secondary N) is 2. The number of carboxylic acid groups (broad SMARTS) is 1. The predicted molar refractivity (Wildman–Crippen MR) is 123 cm³/mol. The number of anilines is 1. The van der Waals surface area contributed by atoms with Crippen molar-refractivity contribution in [2.24, 2.45) is 0 Å². The maximum Gasteiger partial charge on any atom is 0.319 e. The first kappa shape index (κ1) is 23.7. The number of hydrogen-bond donors (Lipinski definition) is 4. The van der Waals surface area contributed by atoms with Crippen LogP contribution in [-0.4, -0.2) is 33.9 Å². The van der Waals surface area contributed by atoms with Crippen molar-refractivity contribution in [3.05, 3.63) is 87.3 Å². The molecule has 9 nitrogen and oxygen atoms in total. The number of aliphatic carboxylic acids is 1. The Kier molecular flexibility index (Phi) is 7.57. The second kappa shape index (κ2) is 10.6. The number of carbonyl (C=O) groups excluding carboxylic acids is 1. The number of benzene rings is 2. The van der Waals surface area contributed by atoms with Gasteiger partial charge in [-0.1, -0.05) is 41.9 Å². The van der Waals surface area contributed by atoms with Crippen LogP contribution in [0, 0.1) is 0 Å². The molecule has 1 atom stereocenters. The number of methoxy groups -OCH3 is 1. The molecular formula is C23H22ClN3O6. The Balaban J connectivity index is 1.80. The Morgan fingerprint density at radius 1 is 1.12 bits per heavy atom. The number of pyridine rings is 1. The third kappa shape index (κ3) is 6.05. The average Bonchev–Trinajstić information content (AvgIpc) is 2.79. The van der Waals surface area contributed by atoms with E-state index in [1.807, 2.05) is 0 Å². The lowest BCUT2D eigenvalue weighted by atomic mass is 10.0. The molecule has 0 spiro atoms. The lowest BCUT2D eigenvalue weighted by Crippen LogP contribution is -2.36. The van der Waals surface area contributed by atoms with E-state index in [0.29, 0.717) is 21.9 Å². The van der Waals surface area contributed by atoms with Crippen LogP contribution in [0.2, 0.25) is 5.02 Å². The highest BCUT2D eigenvalue weighted by Crippen LogP contribution is 2.22. The standard InChI is InChI=1S/C23H22ClN3O6/c1-33-16-8-6-14(7-9-16)18(12-20(29)30)25-23(32)26-21-19(28)10-11-27(22(21)31)13-15-4-2-3-5-17(15)24/h2-11,18,28H,12-13H2,1H3,(H,29,30)(H2,25,26,32)/t18-/m0/s1. The molecule has 3 aromatic rings. The van der Waals surface area contributed by atoms with Crippen molar-refractivity contribution in [2.45, 2.75) is 19.0 Å². The van der Waals surface area contributed by atoms with E-state index in [4.69, 9.17) is 16.3 Å². The van der Waals surface area contributed by atoms with Gasteiger partial charge in [0.25, 0.3) is 5.56 Å². The van der Waals surface area contributed by atoms with Gasteiger partial charge in [0.1, 0.15) is 11.5 Å². The van der Waals surface area contributed by atoms with E-state index in [9.17, 15) is 24.6 Å². The molecule has 0 saturated heterocycles. The first-order chi connectivity index (χ1) is 15.8. The van der Waals surface area contributed by atoms with Crippen molar-refractivity contribution in [3.8, 4) is 11.5 Å². The van der Waals surface area contributed by atoms with Crippen LogP contribution in [0.15, 0.2) is 65.6 Å². The Hall–Kier alpha value is -3.98. The van der Waals surface area contributed by atoms with Crippen LogP contribution in [0.1, 0.15) is 23.6 Å². The fourth-order valence-electron chi connectivity index (χ4n) is 3.19. The molecule has 2 aromatic carbocycles. The number of halogens is 1. The number of amides is 2. The molecule has 0 aliphatic heterocycles. The molecule has 2 amide bonds. The Morgan fingerprint density at radius 2 is 1.82 bits per heavy atom. The zero-order chi connectivity index (χ0) is 24.0. The van der Waals surface area contributed by atoms with Crippen molar-refractivity contribution in [3.63, 3.8) is 0 Å². The summed E-state index contributed by atoms with van der Waals surface area (Å²) in [6.07, 6.45) is 0.992. The number of carbonyl (C=O) groups is 2. The van der Waals surface area contributed by atoms with Crippen LogP contribution in [0.25, 0.3) is 0 Å². The monoisotopic (exact) mass is 471 g/mol. The SMILES string of the molecule is COc1ccc([C@H](CC(=O)O)NC(=O)Nc2c(O)ccn(Cc3ccccc3Cl)c2=O)cc1. The van der Waals surface area contributed by atoms with Gasteiger partial charge in [-0.05, 0) is 35.4 Å². The van der Waals surface area contributed by atoms with Crippen molar-refractivity contribution in [1.82, 2.24) is 9.88 Å². The fraction of sp³-hybridized carbons (Fsp3) is 0.174. The van der Waals surface area contributed by atoms with Gasteiger partial charge in [0.15, 0.2) is 5.69 Å². The summed E-state index contributed by atoms with van der Waals surface area (Å²) in [4.78, 5) is 36.8. The fourth-order valence-corrected chi connectivity index (χ4v) is 3.38. The lowest BCUT2D eigenvalue weighted by molar-refractivity contribution is -0.137. The summed E-state index contributed by atoms with van der Waals surface area (Å²) in [5, 5.41) is 24.7. The number of urea groups is 1. The second-order valence-electron chi connectivity index (χ2n) is 7.12. The van der Waals surface area contributed by atoms with E-state index < -0.39 is 35.8 Å². The minimum Gasteiger partial charge on any atom is -0.505 e. The third-order valence-corrected chi connectivity index (χ3v) is 5.25. The molecule has 0 aliphatic carbocycles. The highest BCUT2D eigenvalue weighted by Gasteiger charge is 2.20. The first-order valence-corrected chi connectivity index (χ1v) is 10.3. The topological polar surface area (TPSA) is 130 Å². The number of hydrogen-bond acceptors (Lipinski definition) is 5. The van der Waals surface area contributed by atoms with E-state index in [0.717, 1.165) is 0 Å². The molecule has 3 rings (SSSR count). The summed E-state index contributed by atoms with van der Waals surface area (Å²) in [5.74, 6) is -0.976. The molecule has 1 aromatic heterocycles. The molecule has 0 fully saturated rings. The average molecular weight is 472 g/mol. The predicted octanol–water partition coefficient (Wildman–Crippen LogP) is 3.60. The number of nitrogens with zero attached hydrogens (tertiary/aromatic N) is 1. The summed E-state index contributed by atoms with van der Waals surface area (Å²) >= 11 is 6.16. The maximum absolute atomic E-state index is 12.9. The smallest absolute Gasteiger partial charge is 0.319 e. The highest BCUT2D eigenvalue weighted by molar-refractivity contribution is 6.31. The summed E-state index contributed by atoms with van der Waals surface area (Å²) in [6, 6.07) is 13.1. The van der Waals surface area contributed by atoms with E-state index in [2.05, 4.69) is 10.6 Å². The van der Waals surface area contributed by atoms with Gasteiger partial charge in [0, 0.05) is 11.2 Å². The van der Waals surface area contributed by atoms with E-state index in [1.165, 1.54) is 23.9 Å². The van der Waals surface area contributed by atoms with Crippen molar-refractivity contribution in [1.29, 1.82) is 0 Å². The van der Waals surface area contributed by atoms with Crippen LogP contribution < -0.4 is 20.9 Å². The summed E-state index contributed by atoms with van der Waals surface area (Å²) in [7, 11) is 1.50. The van der Waals surface area contributed by atoms with E-state index >= 15 is 0 Å². The van der Waals surface area contributed by atoms with Crippen LogP contribution in [0.4, 0.5) is 10.5 Å². The van der Waals surface area contributed by atoms with E-state index in [1.54, 1.807) is 48.5 Å². The van der Waals surface area contributed by atoms with Gasteiger partial charge in [-0.3, -0.25) is 9.59 Å². The molecule has 0 aliphatic rings. The quantitative estimate of drug-likeness (QED) is 0.397. The molecule has 10 heteroatoms. The Bertz CT molecular complexity index is 1210. The summed E-state index contributed by atoms with van der Waals surface area (Å²) in [5.41, 5.74) is 0.223. The molecular weight excluding hydrogens is 450 g/mol. The molecule has 33 heavy (non-hydrogen) atoms. The lowest BCUT2D eigenvalue weighted by Gasteiger charge is -2.19. The Morgan fingerprint density at radius 3 is 2.45 bits per heavy atom. The molecule has 172 valence electrons. The number of rotatable bonds is 8. The van der Waals surface area contributed by atoms with Crippen LogP contribution in [-0.2, 0) is 11.3 Å². The zero-order valence-electron chi connectivity index (χ0n) is 17.6. The zero-order valence-corrected chi connectivity index (χ0v) is 18.4. The van der Waals surface area contributed by atoms with Crippen molar-refractivity contribution >= 4 is 29.3 Å². The molecule has 0 unspecified atom stereocenters. The second-order valence-corrected chi connectivity index (χ2v) is 7.53. The number of carboxylic acids is 1. The number of aromatic hydroxyl groups is 1. The number of ether oxygens (including phenoxy) is 1. The van der Waals surface area contributed by atoms with Gasteiger partial charge in [0.2, 0.25) is 0 Å². The van der Waals surface area contributed by atoms with Gasteiger partial charge in [-0.25, -0.2) is 4.79 Å². The van der Waals surface area contributed by atoms with Gasteiger partial charge in [-0.2, -0.15) is 0 Å². The normalized spacial score (nSPS) is 11.5. The maximum atomic E-state index is 12.9. The Labute approximate surface area is 194 Å². The van der Waals surface area contributed by atoms with Gasteiger partial charge >= 0.3 is 12.0 Å². The molecule has 0 saturated carbocycles. The molecule has 0 radical (unpaired) electrons. The molecule has 1 heterocycles. The van der Waals surface area contributed by atoms with Crippen molar-refractivity contribution in [2.75, 3.05) is 12.4 Å². The van der Waals surface area contributed by atoms with E-state index in [-0.39, 0.29) is 12.2 Å². The van der Waals surface area contributed by atoms with Crippen LogP contribution in [0.3, 0.4) is 0 Å². The van der Waals surface area contributed by atoms with Crippen molar-refractivity contribution < 1.29 is 24.5 Å². The van der Waals surface area contributed by atoms with Gasteiger partial charge in [0.05, 0.1) is 26.1 Å². The van der Waals surface area contributed by atoms with Crippen LogP contribution in [0.5, 0.6) is 11.5 Å².